The molecule has 0 spiro atoms. The highest BCUT2D eigenvalue weighted by atomic mass is 32.2. The first kappa shape index (κ1) is 15.1. The van der Waals surface area contributed by atoms with Crippen LogP contribution in [0.3, 0.4) is 0 Å². The van der Waals surface area contributed by atoms with Gasteiger partial charge in [0, 0.05) is 0 Å². The predicted octanol–water partition coefficient (Wildman–Crippen LogP) is 3.13. The summed E-state index contributed by atoms with van der Waals surface area (Å²) in [4.78, 5) is 13.7. The summed E-state index contributed by atoms with van der Waals surface area (Å²) in [7, 11) is 0. The van der Waals surface area contributed by atoms with Crippen molar-refractivity contribution in [3.8, 4) is 0 Å². The molecule has 3 rings (SSSR count). The second-order valence-electron chi connectivity index (χ2n) is 5.19. The summed E-state index contributed by atoms with van der Waals surface area (Å²) in [5, 5.41) is 10.1. The molecule has 22 heavy (non-hydrogen) atoms. The molecule has 0 unspecified atom stereocenters. The maximum absolute atomic E-state index is 13.4. The van der Waals surface area contributed by atoms with Crippen molar-refractivity contribution in [1.82, 2.24) is 4.90 Å². The summed E-state index contributed by atoms with van der Waals surface area (Å²) in [6.45, 7) is 0.205. The van der Waals surface area contributed by atoms with Crippen LogP contribution >= 0.6 is 11.8 Å². The number of hydrogen-bond acceptors (Lipinski definition) is 3. The molecule has 1 fully saturated rings. The Labute approximate surface area is 132 Å². The molecule has 0 radical (unpaired) electrons. The quantitative estimate of drug-likeness (QED) is 0.942. The Balaban J connectivity index is 1.80. The highest BCUT2D eigenvalue weighted by Crippen LogP contribution is 2.39. The molecule has 2 aromatic carbocycles. The van der Waals surface area contributed by atoms with Gasteiger partial charge in [0.1, 0.15) is 11.2 Å². The van der Waals surface area contributed by atoms with E-state index in [1.807, 2.05) is 30.3 Å². The average Bonchev–Trinajstić information content (AvgIpc) is 2.89. The van der Waals surface area contributed by atoms with E-state index in [-0.39, 0.29) is 23.6 Å². The van der Waals surface area contributed by atoms with Crippen LogP contribution in [0.2, 0.25) is 0 Å². The topological polar surface area (TPSA) is 40.5 Å². The Bertz CT molecular complexity index is 665. The number of carbonyl (C=O) groups excluding carboxylic acids is 1. The molecule has 114 valence electrons. The second kappa shape index (κ2) is 6.50. The summed E-state index contributed by atoms with van der Waals surface area (Å²) in [6.07, 6.45) is -0.750. The van der Waals surface area contributed by atoms with Crippen LogP contribution in [0.5, 0.6) is 0 Å². The Morgan fingerprint density at radius 1 is 1.23 bits per heavy atom. The van der Waals surface area contributed by atoms with Gasteiger partial charge in [-0.3, -0.25) is 4.79 Å². The largest absolute Gasteiger partial charge is 0.387 e. The number of nitrogens with zero attached hydrogens (tertiary/aromatic N) is 1. The van der Waals surface area contributed by atoms with Crippen LogP contribution in [0.25, 0.3) is 0 Å². The summed E-state index contributed by atoms with van der Waals surface area (Å²) < 4.78 is 13.4. The third kappa shape index (κ3) is 3.15. The minimum atomic E-state index is -0.750. The zero-order valence-electron chi connectivity index (χ0n) is 11.9. The summed E-state index contributed by atoms with van der Waals surface area (Å²) >= 11 is 1.46. The van der Waals surface area contributed by atoms with Gasteiger partial charge in [-0.2, -0.15) is 0 Å². The van der Waals surface area contributed by atoms with Crippen LogP contribution in [0.4, 0.5) is 4.39 Å². The maximum Gasteiger partial charge on any atom is 0.233 e. The second-order valence-corrected chi connectivity index (χ2v) is 6.26. The molecule has 2 atom stereocenters. The Morgan fingerprint density at radius 3 is 2.73 bits per heavy atom. The number of rotatable bonds is 4. The Morgan fingerprint density at radius 2 is 2.00 bits per heavy atom. The fraction of sp³-hybridized carbons (Fsp3) is 0.235. The Kier molecular flexibility index (Phi) is 4.45. The molecule has 1 aliphatic heterocycles. The summed E-state index contributed by atoms with van der Waals surface area (Å²) in [6, 6.07) is 15.5. The number of thioether (sulfide) groups is 1. The number of hydrogen-bond donors (Lipinski definition) is 1. The fourth-order valence-electron chi connectivity index (χ4n) is 2.55. The van der Waals surface area contributed by atoms with Gasteiger partial charge in [-0.05, 0) is 23.3 Å². The van der Waals surface area contributed by atoms with Gasteiger partial charge >= 0.3 is 0 Å². The van der Waals surface area contributed by atoms with Crippen molar-refractivity contribution in [2.75, 3.05) is 12.3 Å². The maximum atomic E-state index is 13.4. The number of carbonyl (C=O) groups is 1. The molecule has 3 nitrogen and oxygen atoms in total. The molecule has 1 amide bonds. The molecule has 1 N–H and O–H groups in total. The number of halogens is 1. The van der Waals surface area contributed by atoms with Gasteiger partial charge < -0.3 is 10.0 Å². The highest BCUT2D eigenvalue weighted by molar-refractivity contribution is 8.00. The Hall–Kier alpha value is -1.85. The van der Waals surface area contributed by atoms with E-state index in [4.69, 9.17) is 0 Å². The van der Waals surface area contributed by atoms with E-state index in [9.17, 15) is 14.3 Å². The van der Waals surface area contributed by atoms with E-state index in [1.165, 1.54) is 23.9 Å². The minimum Gasteiger partial charge on any atom is -0.387 e. The van der Waals surface area contributed by atoms with Crippen molar-refractivity contribution in [2.45, 2.75) is 11.5 Å². The van der Waals surface area contributed by atoms with Crippen LogP contribution in [0, 0.1) is 5.82 Å². The van der Waals surface area contributed by atoms with Crippen molar-refractivity contribution in [3.05, 3.63) is 71.5 Å². The van der Waals surface area contributed by atoms with Gasteiger partial charge in [0.25, 0.3) is 0 Å². The van der Waals surface area contributed by atoms with Crippen molar-refractivity contribution >= 4 is 17.7 Å². The number of amides is 1. The van der Waals surface area contributed by atoms with E-state index in [0.29, 0.717) is 5.75 Å². The zero-order chi connectivity index (χ0) is 15.5. The molecule has 0 saturated carbocycles. The van der Waals surface area contributed by atoms with Crippen LogP contribution in [0.15, 0.2) is 54.6 Å². The molecule has 0 aliphatic carbocycles. The van der Waals surface area contributed by atoms with Gasteiger partial charge in [-0.25, -0.2) is 4.39 Å². The predicted molar refractivity (Wildman–Crippen MR) is 84.7 cm³/mol. The number of benzene rings is 2. The van der Waals surface area contributed by atoms with E-state index in [2.05, 4.69) is 0 Å². The number of aliphatic hydroxyl groups is 1. The zero-order valence-corrected chi connectivity index (χ0v) is 12.7. The molecule has 5 heteroatoms. The molecular weight excluding hydrogens is 301 g/mol. The van der Waals surface area contributed by atoms with E-state index in [1.54, 1.807) is 17.0 Å². The monoisotopic (exact) mass is 317 g/mol. The van der Waals surface area contributed by atoms with Gasteiger partial charge in [0.05, 0.1) is 18.4 Å². The number of aliphatic hydroxyl groups excluding tert-OH is 1. The van der Waals surface area contributed by atoms with E-state index < -0.39 is 6.10 Å². The average molecular weight is 317 g/mol. The lowest BCUT2D eigenvalue weighted by molar-refractivity contribution is -0.129. The van der Waals surface area contributed by atoms with Crippen LogP contribution in [-0.2, 0) is 4.79 Å². The molecule has 1 saturated heterocycles. The van der Waals surface area contributed by atoms with Crippen LogP contribution < -0.4 is 0 Å². The minimum absolute atomic E-state index is 0.0331. The molecule has 0 bridgehead atoms. The van der Waals surface area contributed by atoms with Crippen molar-refractivity contribution in [3.63, 3.8) is 0 Å². The first-order chi connectivity index (χ1) is 10.6. The SMILES string of the molecule is O=C1CS[C@H](c2cccc(F)c2)N1C[C@H](O)c1ccccc1. The fourth-order valence-corrected chi connectivity index (χ4v) is 3.74. The highest BCUT2D eigenvalue weighted by Gasteiger charge is 2.34. The van der Waals surface area contributed by atoms with Crippen LogP contribution in [-0.4, -0.2) is 28.2 Å². The molecule has 0 aromatic heterocycles. The van der Waals surface area contributed by atoms with Crippen molar-refractivity contribution < 1.29 is 14.3 Å². The van der Waals surface area contributed by atoms with E-state index >= 15 is 0 Å². The van der Waals surface area contributed by atoms with Crippen LogP contribution in [0.1, 0.15) is 22.6 Å². The third-order valence-electron chi connectivity index (χ3n) is 3.66. The molecule has 1 aliphatic rings. The molecule has 2 aromatic rings. The molecule has 1 heterocycles. The number of β-amino-alcohol motifs (C(OH)–C–C–N with tert-alkyl or cyclic N) is 1. The lowest BCUT2D eigenvalue weighted by atomic mass is 10.1. The van der Waals surface area contributed by atoms with Gasteiger partial charge in [-0.1, -0.05) is 42.5 Å². The van der Waals surface area contributed by atoms with Gasteiger partial charge in [0.2, 0.25) is 5.91 Å². The standard InChI is InChI=1S/C17H16FNO2S/c18-14-8-4-7-13(9-14)17-19(16(21)11-22-17)10-15(20)12-5-2-1-3-6-12/h1-9,15,17,20H,10-11H2/t15-,17+/m0/s1. The summed E-state index contributed by atoms with van der Waals surface area (Å²) in [5.41, 5.74) is 1.52. The van der Waals surface area contributed by atoms with Gasteiger partial charge in [-0.15, -0.1) is 11.8 Å². The lowest BCUT2D eigenvalue weighted by Gasteiger charge is -2.26. The third-order valence-corrected chi connectivity index (χ3v) is 4.91. The first-order valence-corrected chi connectivity index (χ1v) is 8.09. The van der Waals surface area contributed by atoms with Crippen molar-refractivity contribution in [1.29, 1.82) is 0 Å². The normalized spacial score (nSPS) is 19.5. The first-order valence-electron chi connectivity index (χ1n) is 7.04. The summed E-state index contributed by atoms with van der Waals surface area (Å²) in [5.74, 6) is -0.00173. The van der Waals surface area contributed by atoms with E-state index in [0.717, 1.165) is 11.1 Å². The lowest BCUT2D eigenvalue weighted by Crippen LogP contribution is -2.32. The van der Waals surface area contributed by atoms with Crippen molar-refractivity contribution in [2.24, 2.45) is 0 Å². The smallest absolute Gasteiger partial charge is 0.233 e. The van der Waals surface area contributed by atoms with Gasteiger partial charge in [0.15, 0.2) is 0 Å². The molecular formula is C17H16FNO2S.